The molecular formula is C27H29NO4. The Hall–Kier alpha value is -3.57. The Kier molecular flexibility index (Phi) is 7.68. The lowest BCUT2D eigenvalue weighted by atomic mass is 9.96. The molecule has 3 aromatic carbocycles. The van der Waals surface area contributed by atoms with Gasteiger partial charge in [0.05, 0.1) is 21.3 Å². The van der Waals surface area contributed by atoms with Crippen LogP contribution in [-0.4, -0.2) is 46.1 Å². The normalized spacial score (nSPS) is 11.1. The molecule has 0 saturated heterocycles. The van der Waals surface area contributed by atoms with Crippen LogP contribution in [0.25, 0.3) is 17.2 Å². The summed E-state index contributed by atoms with van der Waals surface area (Å²) in [7, 11) is 8.67. The first kappa shape index (κ1) is 23.1. The van der Waals surface area contributed by atoms with Gasteiger partial charge in [-0.3, -0.25) is 4.79 Å². The van der Waals surface area contributed by atoms with Gasteiger partial charge in [0.25, 0.3) is 0 Å². The van der Waals surface area contributed by atoms with Crippen molar-refractivity contribution >= 4 is 11.9 Å². The molecule has 0 aliphatic rings. The summed E-state index contributed by atoms with van der Waals surface area (Å²) in [4.78, 5) is 15.3. The molecule has 0 heterocycles. The highest BCUT2D eigenvalue weighted by Gasteiger charge is 2.16. The fourth-order valence-corrected chi connectivity index (χ4v) is 3.61. The van der Waals surface area contributed by atoms with E-state index in [9.17, 15) is 4.79 Å². The lowest BCUT2D eigenvalue weighted by molar-refractivity contribution is 0.104. The van der Waals surface area contributed by atoms with E-state index in [0.29, 0.717) is 29.4 Å². The number of carbonyl (C=O) groups is 1. The van der Waals surface area contributed by atoms with E-state index < -0.39 is 0 Å². The summed E-state index contributed by atoms with van der Waals surface area (Å²) in [5, 5.41) is 0. The van der Waals surface area contributed by atoms with Crippen molar-refractivity contribution in [1.29, 1.82) is 0 Å². The summed E-state index contributed by atoms with van der Waals surface area (Å²) >= 11 is 0. The van der Waals surface area contributed by atoms with Gasteiger partial charge < -0.3 is 19.1 Å². The zero-order valence-electron chi connectivity index (χ0n) is 19.2. The number of carbonyl (C=O) groups excluding carboxylic acids is 1. The summed E-state index contributed by atoms with van der Waals surface area (Å²) in [6.45, 7) is 0.670. The third-order valence-electron chi connectivity index (χ3n) is 5.12. The Bertz CT molecular complexity index is 1100. The first-order valence-corrected chi connectivity index (χ1v) is 10.3. The topological polar surface area (TPSA) is 48.0 Å². The van der Waals surface area contributed by atoms with Gasteiger partial charge in [-0.25, -0.2) is 0 Å². The van der Waals surface area contributed by atoms with Crippen LogP contribution in [0.3, 0.4) is 0 Å². The molecule has 0 bridgehead atoms. The maximum absolute atomic E-state index is 13.3. The quantitative estimate of drug-likeness (QED) is 0.338. The maximum atomic E-state index is 13.3. The van der Waals surface area contributed by atoms with Crippen molar-refractivity contribution < 1.29 is 19.0 Å². The highest BCUT2D eigenvalue weighted by atomic mass is 16.5. The van der Waals surface area contributed by atoms with Crippen LogP contribution in [0.5, 0.6) is 17.2 Å². The molecule has 0 radical (unpaired) electrons. The monoisotopic (exact) mass is 431 g/mol. The van der Waals surface area contributed by atoms with Crippen LogP contribution in [0.2, 0.25) is 0 Å². The van der Waals surface area contributed by atoms with Gasteiger partial charge in [0.1, 0.15) is 0 Å². The van der Waals surface area contributed by atoms with Crippen LogP contribution in [-0.2, 0) is 6.54 Å². The van der Waals surface area contributed by atoms with E-state index in [4.69, 9.17) is 14.2 Å². The van der Waals surface area contributed by atoms with Crippen LogP contribution < -0.4 is 14.2 Å². The molecule has 166 valence electrons. The van der Waals surface area contributed by atoms with E-state index in [0.717, 1.165) is 22.3 Å². The Balaban J connectivity index is 2.00. The van der Waals surface area contributed by atoms with Gasteiger partial charge in [-0.1, -0.05) is 42.5 Å². The number of methoxy groups -OCH3 is 3. The van der Waals surface area contributed by atoms with Crippen molar-refractivity contribution in [2.24, 2.45) is 0 Å². The van der Waals surface area contributed by atoms with Crippen molar-refractivity contribution in [1.82, 2.24) is 4.90 Å². The zero-order valence-corrected chi connectivity index (χ0v) is 19.2. The minimum Gasteiger partial charge on any atom is -0.493 e. The number of allylic oxidation sites excluding steroid dienone is 1. The van der Waals surface area contributed by atoms with Gasteiger partial charge in [0.2, 0.25) is 5.75 Å². The molecule has 32 heavy (non-hydrogen) atoms. The molecule has 0 atom stereocenters. The third kappa shape index (κ3) is 5.18. The van der Waals surface area contributed by atoms with E-state index in [-0.39, 0.29) is 5.78 Å². The number of nitrogens with zero attached hydrogens (tertiary/aromatic N) is 1. The predicted molar refractivity (Wildman–Crippen MR) is 129 cm³/mol. The second kappa shape index (κ2) is 10.6. The number of rotatable bonds is 9. The van der Waals surface area contributed by atoms with Gasteiger partial charge >= 0.3 is 0 Å². The van der Waals surface area contributed by atoms with Crippen molar-refractivity contribution in [2.75, 3.05) is 35.4 Å². The molecule has 0 N–H and O–H groups in total. The fourth-order valence-electron chi connectivity index (χ4n) is 3.61. The Labute approximate surface area is 189 Å². The molecule has 5 nitrogen and oxygen atoms in total. The van der Waals surface area contributed by atoms with Crippen molar-refractivity contribution in [3.63, 3.8) is 0 Å². The van der Waals surface area contributed by atoms with E-state index in [1.807, 2.05) is 62.6 Å². The van der Waals surface area contributed by atoms with E-state index >= 15 is 0 Å². The van der Waals surface area contributed by atoms with Crippen molar-refractivity contribution in [2.45, 2.75) is 6.54 Å². The lowest BCUT2D eigenvalue weighted by Crippen LogP contribution is -2.14. The van der Waals surface area contributed by atoms with E-state index in [2.05, 4.69) is 11.0 Å². The smallest absolute Gasteiger partial charge is 0.203 e. The molecule has 5 heteroatoms. The highest BCUT2D eigenvalue weighted by molar-refractivity contribution is 6.08. The number of hydrogen-bond donors (Lipinski definition) is 0. The van der Waals surface area contributed by atoms with Crippen LogP contribution in [0.1, 0.15) is 21.5 Å². The van der Waals surface area contributed by atoms with Crippen molar-refractivity contribution in [3.05, 3.63) is 83.4 Å². The Morgan fingerprint density at radius 3 is 2.19 bits per heavy atom. The van der Waals surface area contributed by atoms with E-state index in [1.165, 1.54) is 0 Å². The molecule has 0 aromatic heterocycles. The average Bonchev–Trinajstić information content (AvgIpc) is 2.82. The zero-order chi connectivity index (χ0) is 23.1. The second-order valence-electron chi connectivity index (χ2n) is 7.60. The number of benzene rings is 3. The SMILES string of the molecule is COc1ccc(/C=C/C(=O)c2cc(-c3ccccc3)ccc2CN(C)C)c(OC)c1OC. The minimum absolute atomic E-state index is 0.0727. The molecule has 0 amide bonds. The Morgan fingerprint density at radius 2 is 1.56 bits per heavy atom. The van der Waals surface area contributed by atoms with Gasteiger partial charge in [-0.2, -0.15) is 0 Å². The molecular weight excluding hydrogens is 402 g/mol. The highest BCUT2D eigenvalue weighted by Crippen LogP contribution is 2.40. The minimum atomic E-state index is -0.0727. The summed E-state index contributed by atoms with van der Waals surface area (Å²) < 4.78 is 16.3. The maximum Gasteiger partial charge on any atom is 0.203 e. The van der Waals surface area contributed by atoms with Crippen LogP contribution >= 0.6 is 0 Å². The summed E-state index contributed by atoms with van der Waals surface area (Å²) in [6, 6.07) is 19.7. The molecule has 3 rings (SSSR count). The first-order valence-electron chi connectivity index (χ1n) is 10.3. The summed E-state index contributed by atoms with van der Waals surface area (Å²) in [6.07, 6.45) is 3.32. The van der Waals surface area contributed by atoms with Gasteiger partial charge in [-0.15, -0.1) is 0 Å². The van der Waals surface area contributed by atoms with Gasteiger partial charge in [-0.05, 0) is 61.1 Å². The first-order chi connectivity index (χ1) is 15.5. The standard InChI is InChI=1S/C27H29NO4/c1-28(2)18-22-12-11-21(19-9-7-6-8-10-19)17-23(22)24(29)15-13-20-14-16-25(30-3)27(32-5)26(20)31-4/h6-17H,18H2,1-5H3/b15-13+. The molecule has 0 saturated carbocycles. The summed E-state index contributed by atoms with van der Waals surface area (Å²) in [5.74, 6) is 1.50. The number of hydrogen-bond acceptors (Lipinski definition) is 5. The summed E-state index contributed by atoms with van der Waals surface area (Å²) in [5.41, 5.74) is 4.46. The molecule has 0 aliphatic heterocycles. The van der Waals surface area contributed by atoms with E-state index in [1.54, 1.807) is 39.5 Å². The Morgan fingerprint density at radius 1 is 0.844 bits per heavy atom. The lowest BCUT2D eigenvalue weighted by Gasteiger charge is -2.15. The number of ketones is 1. The molecule has 3 aromatic rings. The van der Waals surface area contributed by atoms with Gasteiger partial charge in [0.15, 0.2) is 17.3 Å². The number of ether oxygens (including phenoxy) is 3. The van der Waals surface area contributed by atoms with Gasteiger partial charge in [0, 0.05) is 17.7 Å². The predicted octanol–water partition coefficient (Wildman–Crippen LogP) is 5.34. The largest absolute Gasteiger partial charge is 0.493 e. The fraction of sp³-hybridized carbons (Fsp3) is 0.222. The van der Waals surface area contributed by atoms with Crippen LogP contribution in [0.15, 0.2) is 66.7 Å². The molecule has 0 spiro atoms. The van der Waals surface area contributed by atoms with Crippen LogP contribution in [0.4, 0.5) is 0 Å². The van der Waals surface area contributed by atoms with Crippen LogP contribution in [0, 0.1) is 0 Å². The third-order valence-corrected chi connectivity index (χ3v) is 5.12. The second-order valence-corrected chi connectivity index (χ2v) is 7.60. The molecule has 0 unspecified atom stereocenters. The van der Waals surface area contributed by atoms with Crippen molar-refractivity contribution in [3.8, 4) is 28.4 Å². The molecule has 0 aliphatic carbocycles. The average molecular weight is 432 g/mol. The molecule has 0 fully saturated rings.